The molecule has 0 spiro atoms. The standard InChI is InChI=1S/C30H32ClN5O4/c1-21-3-2-4-24(19-21)33-30(39)36-13-11-34(12-14-36)27-10-9-25(32-28(37)22-5-7-23(31)8-6-22)20-26(27)29(38)35-15-17-40-18-16-35/h2-10,19-20H,11-18H2,1H3,(H,32,37)(H,33,39). The number of benzene rings is 3. The highest BCUT2D eigenvalue weighted by Crippen LogP contribution is 2.28. The topological polar surface area (TPSA) is 94.2 Å². The highest BCUT2D eigenvalue weighted by Gasteiger charge is 2.27. The van der Waals surface area contributed by atoms with Gasteiger partial charge in [-0.15, -0.1) is 0 Å². The zero-order valence-electron chi connectivity index (χ0n) is 22.4. The molecule has 10 heteroatoms. The first-order valence-electron chi connectivity index (χ1n) is 13.3. The van der Waals surface area contributed by atoms with Crippen LogP contribution in [0, 0.1) is 6.92 Å². The number of carbonyl (C=O) groups is 3. The maximum atomic E-state index is 13.7. The Balaban J connectivity index is 1.32. The van der Waals surface area contributed by atoms with E-state index in [9.17, 15) is 14.4 Å². The number of piperazine rings is 1. The van der Waals surface area contributed by atoms with Crippen molar-refractivity contribution in [1.82, 2.24) is 9.80 Å². The Labute approximate surface area is 238 Å². The fourth-order valence-electron chi connectivity index (χ4n) is 4.88. The maximum Gasteiger partial charge on any atom is 0.321 e. The molecule has 0 unspecified atom stereocenters. The molecule has 0 saturated carbocycles. The van der Waals surface area contributed by atoms with Gasteiger partial charge in [-0.05, 0) is 67.1 Å². The summed E-state index contributed by atoms with van der Waals surface area (Å²) >= 11 is 5.95. The molecule has 0 bridgehead atoms. The third-order valence-electron chi connectivity index (χ3n) is 7.07. The van der Waals surface area contributed by atoms with Gasteiger partial charge in [-0.2, -0.15) is 0 Å². The Kier molecular flexibility index (Phi) is 8.52. The first-order chi connectivity index (χ1) is 19.4. The molecule has 3 aromatic carbocycles. The fourth-order valence-corrected chi connectivity index (χ4v) is 5.00. The lowest BCUT2D eigenvalue weighted by Gasteiger charge is -2.37. The number of hydrogen-bond donors (Lipinski definition) is 2. The lowest BCUT2D eigenvalue weighted by atomic mass is 10.1. The number of amides is 4. The lowest BCUT2D eigenvalue weighted by molar-refractivity contribution is 0.0303. The van der Waals surface area contributed by atoms with Crippen LogP contribution in [0.25, 0.3) is 0 Å². The van der Waals surface area contributed by atoms with E-state index in [-0.39, 0.29) is 17.8 Å². The van der Waals surface area contributed by atoms with Crippen LogP contribution >= 0.6 is 11.6 Å². The minimum absolute atomic E-state index is 0.111. The maximum absolute atomic E-state index is 13.7. The third-order valence-corrected chi connectivity index (χ3v) is 7.32. The third kappa shape index (κ3) is 6.55. The number of morpholine rings is 1. The molecule has 2 heterocycles. The molecule has 40 heavy (non-hydrogen) atoms. The summed E-state index contributed by atoms with van der Waals surface area (Å²) in [7, 11) is 0. The van der Waals surface area contributed by atoms with Crippen LogP contribution in [0.3, 0.4) is 0 Å². The van der Waals surface area contributed by atoms with Crippen LogP contribution in [-0.2, 0) is 4.74 Å². The fraction of sp³-hybridized carbons (Fsp3) is 0.300. The number of ether oxygens (including phenoxy) is 1. The molecule has 9 nitrogen and oxygen atoms in total. The minimum atomic E-state index is -0.289. The van der Waals surface area contributed by atoms with Crippen LogP contribution in [0.1, 0.15) is 26.3 Å². The van der Waals surface area contributed by atoms with Gasteiger partial charge in [-0.3, -0.25) is 9.59 Å². The van der Waals surface area contributed by atoms with Crippen LogP contribution in [0.2, 0.25) is 5.02 Å². The molecule has 0 atom stereocenters. The summed E-state index contributed by atoms with van der Waals surface area (Å²) < 4.78 is 5.44. The monoisotopic (exact) mass is 561 g/mol. The highest BCUT2D eigenvalue weighted by atomic mass is 35.5. The van der Waals surface area contributed by atoms with Gasteiger partial charge in [0.05, 0.1) is 18.8 Å². The van der Waals surface area contributed by atoms with Gasteiger partial charge < -0.3 is 30.1 Å². The van der Waals surface area contributed by atoms with Gasteiger partial charge in [0, 0.05) is 66.9 Å². The van der Waals surface area contributed by atoms with Gasteiger partial charge in [0.25, 0.3) is 11.8 Å². The smallest absolute Gasteiger partial charge is 0.321 e. The van der Waals surface area contributed by atoms with Crippen molar-refractivity contribution >= 4 is 46.5 Å². The van der Waals surface area contributed by atoms with Crippen molar-refractivity contribution in [3.8, 4) is 0 Å². The van der Waals surface area contributed by atoms with E-state index >= 15 is 0 Å². The Morgan fingerprint density at radius 3 is 2.17 bits per heavy atom. The van der Waals surface area contributed by atoms with E-state index < -0.39 is 0 Å². The van der Waals surface area contributed by atoms with Crippen LogP contribution < -0.4 is 15.5 Å². The molecule has 0 aromatic heterocycles. The average molecular weight is 562 g/mol. The molecule has 208 valence electrons. The molecule has 5 rings (SSSR count). The largest absolute Gasteiger partial charge is 0.378 e. The van der Waals surface area contributed by atoms with E-state index in [2.05, 4.69) is 15.5 Å². The molecular formula is C30H32ClN5O4. The molecule has 0 aliphatic carbocycles. The van der Waals surface area contributed by atoms with Gasteiger partial charge in [-0.1, -0.05) is 23.7 Å². The lowest BCUT2D eigenvalue weighted by Crippen LogP contribution is -2.50. The van der Waals surface area contributed by atoms with E-state index in [4.69, 9.17) is 16.3 Å². The van der Waals surface area contributed by atoms with Crippen LogP contribution in [-0.4, -0.2) is 80.1 Å². The minimum Gasteiger partial charge on any atom is -0.378 e. The number of aryl methyl sites for hydroxylation is 1. The normalized spacial score (nSPS) is 15.5. The summed E-state index contributed by atoms with van der Waals surface area (Å²) in [6, 6.07) is 19.6. The van der Waals surface area contributed by atoms with Crippen LogP contribution in [0.15, 0.2) is 66.7 Å². The number of nitrogens with one attached hydrogen (secondary N) is 2. The quantitative estimate of drug-likeness (QED) is 0.470. The summed E-state index contributed by atoms with van der Waals surface area (Å²) in [6.07, 6.45) is 0. The van der Waals surface area contributed by atoms with Gasteiger partial charge in [0.2, 0.25) is 0 Å². The predicted molar refractivity (Wildman–Crippen MR) is 157 cm³/mol. The summed E-state index contributed by atoms with van der Waals surface area (Å²) in [4.78, 5) is 45.0. The highest BCUT2D eigenvalue weighted by molar-refractivity contribution is 6.30. The van der Waals surface area contributed by atoms with Crippen molar-refractivity contribution in [2.45, 2.75) is 6.92 Å². The number of urea groups is 1. The summed E-state index contributed by atoms with van der Waals surface area (Å²) in [5, 5.41) is 6.42. The van der Waals surface area contributed by atoms with Crippen LogP contribution in [0.4, 0.5) is 21.9 Å². The molecule has 2 N–H and O–H groups in total. The average Bonchev–Trinajstić information content (AvgIpc) is 2.97. The summed E-state index contributed by atoms with van der Waals surface area (Å²) in [5.74, 6) is -0.400. The Bertz CT molecular complexity index is 1380. The molecule has 3 aromatic rings. The van der Waals surface area contributed by atoms with Crippen molar-refractivity contribution < 1.29 is 19.1 Å². The number of hydrogen-bond acceptors (Lipinski definition) is 5. The number of halogens is 1. The Morgan fingerprint density at radius 2 is 1.48 bits per heavy atom. The van der Waals surface area contributed by atoms with Gasteiger partial charge in [0.1, 0.15) is 0 Å². The molecule has 2 aliphatic heterocycles. The Morgan fingerprint density at radius 1 is 0.775 bits per heavy atom. The summed E-state index contributed by atoms with van der Waals surface area (Å²) in [6.45, 7) is 6.14. The second kappa shape index (κ2) is 12.4. The second-order valence-electron chi connectivity index (χ2n) is 9.87. The molecule has 2 fully saturated rings. The first-order valence-corrected chi connectivity index (χ1v) is 13.7. The van der Waals surface area contributed by atoms with E-state index in [1.807, 2.05) is 37.3 Å². The van der Waals surface area contributed by atoms with E-state index in [1.54, 1.807) is 46.2 Å². The number of anilines is 3. The predicted octanol–water partition coefficient (Wildman–Crippen LogP) is 4.73. The van der Waals surface area contributed by atoms with Crippen molar-refractivity contribution in [3.05, 3.63) is 88.4 Å². The van der Waals surface area contributed by atoms with Crippen molar-refractivity contribution in [2.24, 2.45) is 0 Å². The number of rotatable bonds is 5. The Hall–Kier alpha value is -4.08. The molecule has 4 amide bonds. The molecule has 2 aliphatic rings. The van der Waals surface area contributed by atoms with Gasteiger partial charge in [0.15, 0.2) is 0 Å². The number of nitrogens with zero attached hydrogens (tertiary/aromatic N) is 3. The van der Waals surface area contributed by atoms with E-state index in [1.165, 1.54) is 0 Å². The van der Waals surface area contributed by atoms with Crippen molar-refractivity contribution in [1.29, 1.82) is 0 Å². The molecule has 0 radical (unpaired) electrons. The van der Waals surface area contributed by atoms with E-state index in [0.29, 0.717) is 74.3 Å². The number of carbonyl (C=O) groups excluding carboxylic acids is 3. The van der Waals surface area contributed by atoms with Crippen molar-refractivity contribution in [3.63, 3.8) is 0 Å². The SMILES string of the molecule is Cc1cccc(NC(=O)N2CCN(c3ccc(NC(=O)c4ccc(Cl)cc4)cc3C(=O)N3CCOCC3)CC2)c1. The second-order valence-corrected chi connectivity index (χ2v) is 10.3. The van der Waals surface area contributed by atoms with Gasteiger partial charge >= 0.3 is 6.03 Å². The van der Waals surface area contributed by atoms with E-state index in [0.717, 1.165) is 16.9 Å². The summed E-state index contributed by atoms with van der Waals surface area (Å²) in [5.41, 5.74) is 4.12. The zero-order valence-corrected chi connectivity index (χ0v) is 23.1. The molecular weight excluding hydrogens is 530 g/mol. The van der Waals surface area contributed by atoms with Crippen molar-refractivity contribution in [2.75, 3.05) is 68.0 Å². The molecule has 2 saturated heterocycles. The first kappa shape index (κ1) is 27.5. The van der Waals surface area contributed by atoms with Gasteiger partial charge in [-0.25, -0.2) is 4.79 Å². The van der Waals surface area contributed by atoms with Crippen LogP contribution in [0.5, 0.6) is 0 Å². The zero-order chi connectivity index (χ0) is 28.1.